The Hall–Kier alpha value is -2.42. The summed E-state index contributed by atoms with van der Waals surface area (Å²) in [6.07, 6.45) is 0.418. The number of sulfonamides is 1. The first kappa shape index (κ1) is 27.8. The molecule has 0 aliphatic heterocycles. The highest BCUT2D eigenvalue weighted by molar-refractivity contribution is 7.89. The molecular weight excluding hydrogens is 474 g/mol. The van der Waals surface area contributed by atoms with Crippen molar-refractivity contribution in [2.75, 3.05) is 20.1 Å². The second-order valence-corrected chi connectivity index (χ2v) is 11.1. The fourth-order valence-corrected chi connectivity index (χ4v) is 4.76. The van der Waals surface area contributed by atoms with Crippen LogP contribution >= 0.6 is 11.6 Å². The predicted molar refractivity (Wildman–Crippen MR) is 135 cm³/mol. The van der Waals surface area contributed by atoms with Crippen LogP contribution in [0.1, 0.15) is 39.2 Å². The molecule has 0 aromatic heterocycles. The maximum Gasteiger partial charge on any atom is 0.242 e. The van der Waals surface area contributed by atoms with Crippen molar-refractivity contribution in [1.29, 1.82) is 0 Å². The van der Waals surface area contributed by atoms with Crippen molar-refractivity contribution in [3.63, 3.8) is 0 Å². The van der Waals surface area contributed by atoms with Crippen LogP contribution in [0, 0.1) is 5.92 Å². The fraction of sp³-hybridized carbons (Fsp3) is 0.440. The third-order valence-electron chi connectivity index (χ3n) is 5.47. The highest BCUT2D eigenvalue weighted by Crippen LogP contribution is 2.20. The molecule has 2 rings (SSSR count). The number of hydrogen-bond acceptors (Lipinski definition) is 4. The van der Waals surface area contributed by atoms with Gasteiger partial charge in [-0.1, -0.05) is 61.8 Å². The minimum atomic E-state index is -3.63. The Kier molecular flexibility index (Phi) is 10.5. The summed E-state index contributed by atoms with van der Waals surface area (Å²) in [4.78, 5) is 27.6. The Bertz CT molecular complexity index is 1060. The van der Waals surface area contributed by atoms with E-state index < -0.39 is 16.1 Å². The lowest BCUT2D eigenvalue weighted by Gasteiger charge is -2.29. The van der Waals surface area contributed by atoms with Crippen molar-refractivity contribution in [1.82, 2.24) is 14.5 Å². The van der Waals surface area contributed by atoms with Crippen molar-refractivity contribution in [3.8, 4) is 0 Å². The SMILES string of the molecule is CC(C)CNC(=O)[C@@H](C)N(Cc1ccccc1Cl)C(=O)CCCN(C)S(=O)(=O)c1ccccc1. The summed E-state index contributed by atoms with van der Waals surface area (Å²) in [6, 6.07) is 14.7. The molecule has 0 heterocycles. The molecule has 0 saturated heterocycles. The molecule has 0 radical (unpaired) electrons. The summed E-state index contributed by atoms with van der Waals surface area (Å²) in [5.41, 5.74) is 0.741. The van der Waals surface area contributed by atoms with Crippen LogP contribution in [0.3, 0.4) is 0 Å². The Morgan fingerprint density at radius 3 is 2.24 bits per heavy atom. The highest BCUT2D eigenvalue weighted by atomic mass is 35.5. The van der Waals surface area contributed by atoms with Crippen LogP contribution in [0.4, 0.5) is 0 Å². The summed E-state index contributed by atoms with van der Waals surface area (Å²) in [5, 5.41) is 3.39. The Labute approximate surface area is 208 Å². The molecule has 7 nitrogen and oxygen atoms in total. The number of carbonyl (C=O) groups excluding carboxylic acids is 2. The fourth-order valence-electron chi connectivity index (χ4n) is 3.33. The van der Waals surface area contributed by atoms with Crippen LogP contribution in [0.2, 0.25) is 5.02 Å². The van der Waals surface area contributed by atoms with E-state index in [1.54, 1.807) is 49.4 Å². The molecule has 0 fully saturated rings. The monoisotopic (exact) mass is 507 g/mol. The molecule has 2 aromatic rings. The van der Waals surface area contributed by atoms with Gasteiger partial charge in [0.15, 0.2) is 0 Å². The molecule has 9 heteroatoms. The van der Waals surface area contributed by atoms with E-state index in [0.717, 1.165) is 5.56 Å². The lowest BCUT2D eigenvalue weighted by atomic mass is 10.1. The molecule has 1 atom stereocenters. The van der Waals surface area contributed by atoms with Crippen molar-refractivity contribution in [3.05, 3.63) is 65.2 Å². The van der Waals surface area contributed by atoms with Gasteiger partial charge in [-0.3, -0.25) is 9.59 Å². The highest BCUT2D eigenvalue weighted by Gasteiger charge is 2.27. The van der Waals surface area contributed by atoms with Gasteiger partial charge in [0.2, 0.25) is 21.8 Å². The van der Waals surface area contributed by atoms with Crippen molar-refractivity contribution < 1.29 is 18.0 Å². The molecule has 0 aliphatic carbocycles. The van der Waals surface area contributed by atoms with Crippen LogP contribution in [0.25, 0.3) is 0 Å². The van der Waals surface area contributed by atoms with Gasteiger partial charge in [-0.15, -0.1) is 0 Å². The third kappa shape index (κ3) is 7.82. The predicted octanol–water partition coefficient (Wildman–Crippen LogP) is 3.93. The molecule has 0 bridgehead atoms. The lowest BCUT2D eigenvalue weighted by Crippen LogP contribution is -2.48. The first-order valence-electron chi connectivity index (χ1n) is 11.4. The lowest BCUT2D eigenvalue weighted by molar-refractivity contribution is -0.140. The molecule has 1 N–H and O–H groups in total. The zero-order chi connectivity index (χ0) is 25.3. The zero-order valence-electron chi connectivity index (χ0n) is 20.2. The molecule has 0 saturated carbocycles. The average Bonchev–Trinajstić information content (AvgIpc) is 2.81. The summed E-state index contributed by atoms with van der Waals surface area (Å²) in [6.45, 7) is 6.56. The largest absolute Gasteiger partial charge is 0.354 e. The number of nitrogens with zero attached hydrogens (tertiary/aromatic N) is 2. The quantitative estimate of drug-likeness (QED) is 0.471. The topological polar surface area (TPSA) is 86.8 Å². The standard InChI is InChI=1S/C25H34ClN3O4S/c1-19(2)17-27-25(31)20(3)29(18-21-11-8-9-14-23(21)26)24(30)15-10-16-28(4)34(32,33)22-12-6-5-7-13-22/h5-9,11-14,19-20H,10,15-18H2,1-4H3,(H,27,31)/t20-/m1/s1. The summed E-state index contributed by atoms with van der Waals surface area (Å²) in [7, 11) is -2.13. The minimum Gasteiger partial charge on any atom is -0.354 e. The molecule has 0 unspecified atom stereocenters. The molecule has 2 aromatic carbocycles. The minimum absolute atomic E-state index is 0.0981. The maximum atomic E-state index is 13.2. The van der Waals surface area contributed by atoms with Crippen LogP contribution < -0.4 is 5.32 Å². The summed E-state index contributed by atoms with van der Waals surface area (Å²) in [5.74, 6) is -0.193. The smallest absolute Gasteiger partial charge is 0.242 e. The van der Waals surface area contributed by atoms with Gasteiger partial charge < -0.3 is 10.2 Å². The van der Waals surface area contributed by atoms with Gasteiger partial charge in [0, 0.05) is 38.1 Å². The Balaban J connectivity index is 2.08. The van der Waals surface area contributed by atoms with Gasteiger partial charge in [0.1, 0.15) is 6.04 Å². The van der Waals surface area contributed by atoms with Gasteiger partial charge in [0.25, 0.3) is 0 Å². The van der Waals surface area contributed by atoms with Crippen LogP contribution in [0.15, 0.2) is 59.5 Å². The number of amides is 2. The second-order valence-electron chi connectivity index (χ2n) is 8.67. The average molecular weight is 508 g/mol. The molecule has 0 spiro atoms. The van der Waals surface area contributed by atoms with E-state index in [1.807, 2.05) is 26.0 Å². The van der Waals surface area contributed by atoms with Crippen LogP contribution in [0.5, 0.6) is 0 Å². The molecule has 34 heavy (non-hydrogen) atoms. The zero-order valence-corrected chi connectivity index (χ0v) is 21.8. The molecule has 2 amide bonds. The van der Waals surface area contributed by atoms with Crippen LogP contribution in [-0.4, -0.2) is 55.6 Å². The van der Waals surface area contributed by atoms with Gasteiger partial charge in [-0.05, 0) is 43.0 Å². The molecule has 0 aliphatic rings. The number of rotatable bonds is 12. The van der Waals surface area contributed by atoms with Gasteiger partial charge in [-0.25, -0.2) is 12.7 Å². The van der Waals surface area contributed by atoms with Crippen molar-refractivity contribution in [2.24, 2.45) is 5.92 Å². The first-order chi connectivity index (χ1) is 16.0. The van der Waals surface area contributed by atoms with E-state index in [1.165, 1.54) is 16.3 Å². The molecular formula is C25H34ClN3O4S. The van der Waals surface area contributed by atoms with E-state index in [9.17, 15) is 18.0 Å². The van der Waals surface area contributed by atoms with Crippen LogP contribution in [-0.2, 0) is 26.2 Å². The Morgan fingerprint density at radius 2 is 1.62 bits per heavy atom. The summed E-state index contributed by atoms with van der Waals surface area (Å²) >= 11 is 6.30. The maximum absolute atomic E-state index is 13.2. The van der Waals surface area contributed by atoms with Gasteiger partial charge in [0.05, 0.1) is 4.90 Å². The summed E-state index contributed by atoms with van der Waals surface area (Å²) < 4.78 is 26.7. The normalized spacial score (nSPS) is 12.6. The van der Waals surface area contributed by atoms with Crippen molar-refractivity contribution >= 4 is 33.4 Å². The number of halogens is 1. The second kappa shape index (κ2) is 12.9. The van der Waals surface area contributed by atoms with E-state index in [4.69, 9.17) is 11.6 Å². The number of carbonyl (C=O) groups is 2. The number of benzene rings is 2. The third-order valence-corrected chi connectivity index (χ3v) is 7.71. The Morgan fingerprint density at radius 1 is 1.00 bits per heavy atom. The van der Waals surface area contributed by atoms with Crippen molar-refractivity contribution in [2.45, 2.75) is 51.1 Å². The van der Waals surface area contributed by atoms with Gasteiger partial charge >= 0.3 is 0 Å². The van der Waals surface area contributed by atoms with E-state index >= 15 is 0 Å². The van der Waals surface area contributed by atoms with Gasteiger partial charge in [-0.2, -0.15) is 0 Å². The van der Waals surface area contributed by atoms with E-state index in [0.29, 0.717) is 18.0 Å². The number of hydrogen-bond donors (Lipinski definition) is 1. The van der Waals surface area contributed by atoms with E-state index in [2.05, 4.69) is 5.32 Å². The number of nitrogens with one attached hydrogen (secondary N) is 1. The van der Waals surface area contributed by atoms with E-state index in [-0.39, 0.29) is 42.1 Å². The first-order valence-corrected chi connectivity index (χ1v) is 13.2. The molecule has 186 valence electrons.